The van der Waals surface area contributed by atoms with E-state index < -0.39 is 14.0 Å². The van der Waals surface area contributed by atoms with Gasteiger partial charge in [-0.2, -0.15) is 0 Å². The molecule has 362 valence electrons. The molecular weight excluding hydrogens is 1050 g/mol. The molecule has 6 heteroatoms. The van der Waals surface area contributed by atoms with Crippen molar-refractivity contribution in [1.82, 2.24) is 14.5 Å². The topological polar surface area (TPSA) is 50.9 Å². The van der Waals surface area contributed by atoms with Crippen LogP contribution in [0.3, 0.4) is 0 Å². The second-order valence-electron chi connectivity index (χ2n) is 23.4. The van der Waals surface area contributed by atoms with Crippen molar-refractivity contribution in [2.24, 2.45) is 0 Å². The molecule has 0 aliphatic carbocycles. The average Bonchev–Trinajstić information content (AvgIpc) is 3.74. The summed E-state index contributed by atoms with van der Waals surface area (Å²) in [4.78, 5) is 10.7. The zero-order valence-corrected chi connectivity index (χ0v) is 46.0. The molecule has 10 rings (SSSR count). The molecule has 0 saturated carbocycles. The van der Waals surface area contributed by atoms with Crippen LogP contribution in [0.5, 0.6) is 5.75 Å². The Hall–Kier alpha value is -5.35. The molecule has 0 bridgehead atoms. The maximum Gasteiger partial charge on any atom is 0.148 e. The number of aromatic hydroxyl groups is 1. The molecule has 1 N–H and O–H groups in total. The predicted octanol–water partition coefficient (Wildman–Crippen LogP) is 17.7. The van der Waals surface area contributed by atoms with Crippen molar-refractivity contribution in [2.45, 2.75) is 141 Å². The summed E-state index contributed by atoms with van der Waals surface area (Å²) >= 11 is 0. The third-order valence-corrected chi connectivity index (χ3v) is 20.9. The van der Waals surface area contributed by atoms with Crippen molar-refractivity contribution in [2.75, 3.05) is 0 Å². The van der Waals surface area contributed by atoms with E-state index in [-0.39, 0.29) is 43.1 Å². The number of phenolic OH excluding ortho intramolecular Hbond substituents is 1. The summed E-state index contributed by atoms with van der Waals surface area (Å²) in [5, 5.41) is 12.7. The minimum Gasteiger partial charge on any atom is -0.507 e. The maximum atomic E-state index is 12.7. The van der Waals surface area contributed by atoms with Crippen molar-refractivity contribution in [3.63, 3.8) is 0 Å². The number of fused-ring (bicyclic) bond motifs is 1. The monoisotopic (exact) mass is 1120 g/mol. The van der Waals surface area contributed by atoms with Gasteiger partial charge in [-0.05, 0) is 93.1 Å². The van der Waals surface area contributed by atoms with Crippen LogP contribution in [0.2, 0.25) is 24.2 Å². The van der Waals surface area contributed by atoms with Crippen LogP contribution in [-0.2, 0) is 37.3 Å². The molecule has 0 radical (unpaired) electrons. The van der Waals surface area contributed by atoms with E-state index >= 15 is 0 Å². The van der Waals surface area contributed by atoms with Gasteiger partial charge in [0.1, 0.15) is 11.6 Å². The fraction of sp³-hybridized carbons (Fsp3) is 0.344. The van der Waals surface area contributed by atoms with Gasteiger partial charge in [-0.1, -0.05) is 208 Å². The number of imidazole rings is 1. The van der Waals surface area contributed by atoms with Gasteiger partial charge in [0, 0.05) is 45.5 Å². The number of pyridine rings is 1. The Morgan fingerprint density at radius 1 is 0.600 bits per heavy atom. The number of aromatic nitrogens is 3. The van der Waals surface area contributed by atoms with Gasteiger partial charge in [-0.15, -0.1) is 29.3 Å². The zero-order chi connectivity index (χ0) is 49.2. The largest absolute Gasteiger partial charge is 0.507 e. The first-order chi connectivity index (χ1) is 33.3. The molecule has 6 aromatic carbocycles. The molecule has 8 aromatic rings. The van der Waals surface area contributed by atoms with Crippen LogP contribution in [0.4, 0.5) is 0 Å². The summed E-state index contributed by atoms with van der Waals surface area (Å²) in [6.45, 7) is 20.0. The molecule has 0 atom stereocenters. The number of benzene rings is 6. The number of para-hydroxylation sites is 1. The van der Waals surface area contributed by atoms with Crippen LogP contribution in [0.25, 0.3) is 72.7 Å². The van der Waals surface area contributed by atoms with Crippen LogP contribution < -0.4 is 0 Å². The average molecular weight is 1120 g/mol. The normalized spacial score (nSPS) is 16.2. The Labute approximate surface area is 434 Å². The summed E-state index contributed by atoms with van der Waals surface area (Å²) in [6, 6.07) is 56.9. The molecule has 2 aromatic heterocycles. The molecule has 2 aliphatic rings. The van der Waals surface area contributed by atoms with E-state index in [4.69, 9.17) is 9.97 Å². The molecule has 2 fully saturated rings. The Morgan fingerprint density at radius 3 is 1.90 bits per heavy atom. The van der Waals surface area contributed by atoms with Crippen LogP contribution >= 0.6 is 0 Å². The quantitative estimate of drug-likeness (QED) is 0.128. The summed E-state index contributed by atoms with van der Waals surface area (Å²) in [7, 11) is -1.29. The molecule has 2 aliphatic heterocycles. The van der Waals surface area contributed by atoms with Gasteiger partial charge in [0.05, 0.1) is 30.4 Å². The number of rotatable bonds is 7. The fourth-order valence-electron chi connectivity index (χ4n) is 11.2. The zero-order valence-electron chi connectivity index (χ0n) is 43.7. The van der Waals surface area contributed by atoms with Gasteiger partial charge in [0.2, 0.25) is 0 Å². The predicted molar refractivity (Wildman–Crippen MR) is 293 cm³/mol. The van der Waals surface area contributed by atoms with Crippen LogP contribution in [0.1, 0.15) is 124 Å². The van der Waals surface area contributed by atoms with Crippen molar-refractivity contribution in [3.8, 4) is 67.5 Å². The number of hydrogen-bond acceptors (Lipinski definition) is 3. The van der Waals surface area contributed by atoms with Crippen molar-refractivity contribution < 1.29 is 27.5 Å². The number of nitrogens with zero attached hydrogens (tertiary/aromatic N) is 3. The van der Waals surface area contributed by atoms with Crippen LogP contribution in [-0.4, -0.2) is 27.7 Å². The van der Waals surface area contributed by atoms with Crippen molar-refractivity contribution >= 4 is 19.1 Å². The number of phenols is 1. The van der Waals surface area contributed by atoms with Crippen molar-refractivity contribution in [1.29, 1.82) is 0 Å². The first-order valence-corrected chi connectivity index (χ1v) is 28.3. The third-order valence-electron chi connectivity index (χ3n) is 15.4. The molecule has 1 spiro atoms. The maximum absolute atomic E-state index is 12.7. The Kier molecular flexibility index (Phi) is 13.3. The molecule has 2 saturated heterocycles. The summed E-state index contributed by atoms with van der Waals surface area (Å²) in [6.07, 6.45) is 7.94. The summed E-state index contributed by atoms with van der Waals surface area (Å²) < 4.78 is 12.4. The molecule has 70 heavy (non-hydrogen) atoms. The van der Waals surface area contributed by atoms with Crippen molar-refractivity contribution in [3.05, 3.63) is 168 Å². The van der Waals surface area contributed by atoms with E-state index in [1.54, 1.807) is 0 Å². The van der Waals surface area contributed by atoms with E-state index in [9.17, 15) is 6.48 Å². The summed E-state index contributed by atoms with van der Waals surface area (Å²) in [5.74, 6) is 0.291. The van der Waals surface area contributed by atoms with E-state index in [0.29, 0.717) is 11.4 Å². The second kappa shape index (κ2) is 19.3. The molecule has 0 amide bonds. The molecule has 4 nitrogen and oxygen atoms in total. The van der Waals surface area contributed by atoms with Gasteiger partial charge in [0.15, 0.2) is 0 Å². The fourth-order valence-corrected chi connectivity index (χ4v) is 16.4. The van der Waals surface area contributed by atoms with E-state index in [1.165, 1.54) is 49.0 Å². The van der Waals surface area contributed by atoms with Gasteiger partial charge in [-0.25, -0.2) is 4.98 Å². The van der Waals surface area contributed by atoms with Crippen LogP contribution in [0.15, 0.2) is 140 Å². The molecule has 4 heterocycles. The van der Waals surface area contributed by atoms with E-state index in [0.717, 1.165) is 90.9 Å². The van der Waals surface area contributed by atoms with E-state index in [1.807, 2.05) is 12.3 Å². The van der Waals surface area contributed by atoms with Crippen LogP contribution in [0, 0.1) is 6.07 Å². The standard InChI is InChI=1S/C64H70N3OSi.Pt/c1-62(2,3)50-37-48(36-49(38-50)56-40-47(28-31-65-56)43-20-13-10-14-21-43)52-24-19-25-58-59(52)66-61(54-41-51(63(4,5)6)42-55(60(54)68)64(7,8)9)67(58)57-27-26-46(39-53(57)45-22-15-11-16-23-45)44-29-34-69(35-30-44)32-17-12-18-33-69;/h10-11,13-16,19-28,31,37-42,44,68H,12,17-18,29-30,32-35H2,1-9H3;/q-1;/i44D;. The van der Waals surface area contributed by atoms with Gasteiger partial charge in [0.25, 0.3) is 0 Å². The first-order valence-electron chi connectivity index (χ1n) is 26.0. The third kappa shape index (κ3) is 9.83. The van der Waals surface area contributed by atoms with Gasteiger partial charge >= 0.3 is 0 Å². The minimum atomic E-state index is -1.29. The smallest absolute Gasteiger partial charge is 0.148 e. The summed E-state index contributed by atoms with van der Waals surface area (Å²) in [5.41, 5.74) is 15.1. The minimum absolute atomic E-state index is 0. The first kappa shape index (κ1) is 48.3. The van der Waals surface area contributed by atoms with Gasteiger partial charge in [-0.3, -0.25) is 9.55 Å². The Bertz CT molecular complexity index is 3210. The Morgan fingerprint density at radius 2 is 1.24 bits per heavy atom. The molecule has 0 unspecified atom stereocenters. The number of hydrogen-bond donors (Lipinski definition) is 1. The Balaban J connectivity index is 0.00000624. The molecular formula is C64H70N3OPtSi-. The van der Waals surface area contributed by atoms with Gasteiger partial charge < -0.3 is 5.11 Å². The SMILES string of the molecule is [2H]C1(c2ccc(-n3c(-c4cc(C(C)(C)C)cc(C(C)(C)C)c4O)nc4c(-c5[c-]c(-c6cc(-c7ccccc7)ccn6)cc(C(C)(C)C)c5)cccc43)c(-c3ccccc3)c2)CC[Si]2(CCCCC2)CC1.[Pt]. The second-order valence-corrected chi connectivity index (χ2v) is 28.4. The van der Waals surface area contributed by atoms with E-state index in [2.05, 4.69) is 200 Å².